The summed E-state index contributed by atoms with van der Waals surface area (Å²) in [6, 6.07) is 0. The molecular weight excluding hydrogens is 176 g/mol. The van der Waals surface area contributed by atoms with E-state index in [1.807, 2.05) is 0 Å². The fraction of sp³-hybridized carbons (Fsp3) is 0.727. The van der Waals surface area contributed by atoms with Crippen molar-refractivity contribution in [1.29, 1.82) is 0 Å². The smallest absolute Gasteiger partial charge is 0.0658 e. The third kappa shape index (κ3) is 1.36. The minimum absolute atomic E-state index is 0.329. The first-order valence-electron chi connectivity index (χ1n) is 5.54. The highest BCUT2D eigenvalue weighted by molar-refractivity contribution is 5.29. The molecule has 1 saturated carbocycles. The van der Waals surface area contributed by atoms with Gasteiger partial charge in [0.25, 0.3) is 0 Å². The molecule has 2 aliphatic carbocycles. The van der Waals surface area contributed by atoms with Gasteiger partial charge in [-0.25, -0.2) is 0 Å². The lowest BCUT2D eigenvalue weighted by Gasteiger charge is -2.05. The van der Waals surface area contributed by atoms with Gasteiger partial charge in [0.15, 0.2) is 0 Å². The van der Waals surface area contributed by atoms with Crippen molar-refractivity contribution in [3.63, 3.8) is 0 Å². The van der Waals surface area contributed by atoms with Gasteiger partial charge in [-0.1, -0.05) is 0 Å². The van der Waals surface area contributed by atoms with Gasteiger partial charge in [-0.3, -0.25) is 5.10 Å². The SMILES string of the molecule is OC1(CCc2n[nH]c3c2CCC3)CC1. The van der Waals surface area contributed by atoms with Gasteiger partial charge in [-0.2, -0.15) is 5.10 Å². The topological polar surface area (TPSA) is 48.9 Å². The predicted molar refractivity (Wildman–Crippen MR) is 53.1 cm³/mol. The van der Waals surface area contributed by atoms with E-state index in [1.54, 1.807) is 0 Å². The summed E-state index contributed by atoms with van der Waals surface area (Å²) in [5, 5.41) is 17.2. The molecule has 0 atom stereocenters. The Morgan fingerprint density at radius 3 is 3.00 bits per heavy atom. The van der Waals surface area contributed by atoms with E-state index in [1.165, 1.54) is 29.8 Å². The maximum atomic E-state index is 9.74. The summed E-state index contributed by atoms with van der Waals surface area (Å²) in [6.07, 6.45) is 7.42. The number of hydrogen-bond donors (Lipinski definition) is 2. The summed E-state index contributed by atoms with van der Waals surface area (Å²) >= 11 is 0. The normalized spacial score (nSPS) is 22.4. The van der Waals surface area contributed by atoms with Crippen molar-refractivity contribution in [2.45, 2.75) is 50.5 Å². The molecule has 2 aliphatic rings. The molecule has 0 aromatic carbocycles. The number of hydrogen-bond acceptors (Lipinski definition) is 2. The Bertz CT molecular complexity index is 352. The minimum atomic E-state index is -0.329. The summed E-state index contributed by atoms with van der Waals surface area (Å²) in [6.45, 7) is 0. The van der Waals surface area contributed by atoms with E-state index in [-0.39, 0.29) is 5.60 Å². The van der Waals surface area contributed by atoms with Crippen molar-refractivity contribution in [2.75, 3.05) is 0 Å². The summed E-state index contributed by atoms with van der Waals surface area (Å²) in [5.74, 6) is 0. The molecule has 0 radical (unpaired) electrons. The van der Waals surface area contributed by atoms with Crippen LogP contribution in [0.3, 0.4) is 0 Å². The van der Waals surface area contributed by atoms with Crippen LogP contribution < -0.4 is 0 Å². The number of aromatic amines is 1. The Balaban J connectivity index is 1.71. The molecule has 0 bridgehead atoms. The van der Waals surface area contributed by atoms with Crippen molar-refractivity contribution in [2.24, 2.45) is 0 Å². The molecule has 0 spiro atoms. The second-order valence-corrected chi connectivity index (χ2v) is 4.71. The molecule has 14 heavy (non-hydrogen) atoms. The van der Waals surface area contributed by atoms with E-state index < -0.39 is 0 Å². The number of rotatable bonds is 3. The first-order valence-corrected chi connectivity index (χ1v) is 5.54. The Labute approximate surface area is 83.5 Å². The number of H-pyrrole nitrogens is 1. The number of aromatic nitrogens is 2. The van der Waals surface area contributed by atoms with E-state index in [4.69, 9.17) is 0 Å². The van der Waals surface area contributed by atoms with Crippen LogP contribution in [0.15, 0.2) is 0 Å². The van der Waals surface area contributed by atoms with Gasteiger partial charge in [0, 0.05) is 5.69 Å². The maximum Gasteiger partial charge on any atom is 0.0658 e. The Kier molecular flexibility index (Phi) is 1.71. The van der Waals surface area contributed by atoms with Gasteiger partial charge in [0.05, 0.1) is 11.3 Å². The second kappa shape index (κ2) is 2.83. The van der Waals surface area contributed by atoms with Crippen molar-refractivity contribution >= 4 is 0 Å². The molecule has 3 nitrogen and oxygen atoms in total. The van der Waals surface area contributed by atoms with E-state index >= 15 is 0 Å². The molecule has 1 heterocycles. The van der Waals surface area contributed by atoms with Crippen LogP contribution in [0, 0.1) is 0 Å². The van der Waals surface area contributed by atoms with Crippen LogP contribution in [-0.2, 0) is 19.3 Å². The fourth-order valence-corrected chi connectivity index (χ4v) is 2.34. The monoisotopic (exact) mass is 192 g/mol. The minimum Gasteiger partial charge on any atom is -0.390 e. The predicted octanol–water partition coefficient (Wildman–Crippen LogP) is 1.36. The largest absolute Gasteiger partial charge is 0.390 e. The summed E-state index contributed by atoms with van der Waals surface area (Å²) in [5.41, 5.74) is 3.65. The molecule has 0 unspecified atom stereocenters. The fourth-order valence-electron chi connectivity index (χ4n) is 2.34. The van der Waals surface area contributed by atoms with Crippen molar-refractivity contribution < 1.29 is 5.11 Å². The average molecular weight is 192 g/mol. The van der Waals surface area contributed by atoms with Crippen LogP contribution in [0.5, 0.6) is 0 Å². The molecule has 0 amide bonds. The van der Waals surface area contributed by atoms with Crippen LogP contribution in [0.2, 0.25) is 0 Å². The molecule has 76 valence electrons. The van der Waals surface area contributed by atoms with Crippen LogP contribution in [0.1, 0.15) is 42.6 Å². The summed E-state index contributed by atoms with van der Waals surface area (Å²) in [4.78, 5) is 0. The molecule has 2 N–H and O–H groups in total. The summed E-state index contributed by atoms with van der Waals surface area (Å²) < 4.78 is 0. The number of nitrogens with zero attached hydrogens (tertiary/aromatic N) is 1. The molecule has 3 heteroatoms. The lowest BCUT2D eigenvalue weighted by molar-refractivity contribution is 0.140. The van der Waals surface area contributed by atoms with E-state index in [0.717, 1.165) is 32.1 Å². The van der Waals surface area contributed by atoms with Crippen molar-refractivity contribution in [3.05, 3.63) is 17.0 Å². The first kappa shape index (κ1) is 8.48. The molecule has 1 fully saturated rings. The van der Waals surface area contributed by atoms with Gasteiger partial charge >= 0.3 is 0 Å². The molecule has 0 saturated heterocycles. The highest BCUT2D eigenvalue weighted by Crippen LogP contribution is 2.39. The van der Waals surface area contributed by atoms with Crippen molar-refractivity contribution in [1.82, 2.24) is 10.2 Å². The lowest BCUT2D eigenvalue weighted by atomic mass is 10.1. The zero-order valence-electron chi connectivity index (χ0n) is 8.34. The Morgan fingerprint density at radius 2 is 2.21 bits per heavy atom. The van der Waals surface area contributed by atoms with Gasteiger partial charge in [0.2, 0.25) is 0 Å². The number of aliphatic hydroxyl groups is 1. The average Bonchev–Trinajstić information content (AvgIpc) is 2.65. The zero-order chi connectivity index (χ0) is 9.60. The van der Waals surface area contributed by atoms with Crippen LogP contribution >= 0.6 is 0 Å². The third-order valence-corrected chi connectivity index (χ3v) is 3.55. The highest BCUT2D eigenvalue weighted by atomic mass is 16.3. The van der Waals surface area contributed by atoms with Gasteiger partial charge in [-0.15, -0.1) is 0 Å². The van der Waals surface area contributed by atoms with Gasteiger partial charge < -0.3 is 5.11 Å². The zero-order valence-corrected chi connectivity index (χ0v) is 8.34. The van der Waals surface area contributed by atoms with Gasteiger partial charge in [0.1, 0.15) is 0 Å². The van der Waals surface area contributed by atoms with E-state index in [9.17, 15) is 5.11 Å². The molecular formula is C11H16N2O. The van der Waals surface area contributed by atoms with Crippen LogP contribution in [-0.4, -0.2) is 20.9 Å². The molecule has 3 rings (SSSR count). The lowest BCUT2D eigenvalue weighted by Crippen LogP contribution is -2.08. The number of aryl methyl sites for hydroxylation is 2. The molecule has 1 aromatic heterocycles. The van der Waals surface area contributed by atoms with E-state index in [2.05, 4.69) is 10.2 Å². The maximum absolute atomic E-state index is 9.74. The van der Waals surface area contributed by atoms with Crippen LogP contribution in [0.25, 0.3) is 0 Å². The first-order chi connectivity index (χ1) is 6.77. The van der Waals surface area contributed by atoms with Gasteiger partial charge in [-0.05, 0) is 50.5 Å². The summed E-state index contributed by atoms with van der Waals surface area (Å²) in [7, 11) is 0. The molecule has 1 aromatic rings. The third-order valence-electron chi connectivity index (χ3n) is 3.55. The Morgan fingerprint density at radius 1 is 1.36 bits per heavy atom. The number of nitrogens with one attached hydrogen (secondary N) is 1. The standard InChI is InChI=1S/C11H16N2O/c14-11(6-7-11)5-4-10-8-2-1-3-9(8)12-13-10/h14H,1-7H2,(H,12,13). The quantitative estimate of drug-likeness (QED) is 0.759. The highest BCUT2D eigenvalue weighted by Gasteiger charge is 2.39. The number of fused-ring (bicyclic) bond motifs is 1. The Hall–Kier alpha value is -0.830. The van der Waals surface area contributed by atoms with Crippen molar-refractivity contribution in [3.8, 4) is 0 Å². The second-order valence-electron chi connectivity index (χ2n) is 4.71. The van der Waals surface area contributed by atoms with E-state index in [0.29, 0.717) is 0 Å². The molecule has 0 aliphatic heterocycles. The van der Waals surface area contributed by atoms with Crippen LogP contribution in [0.4, 0.5) is 0 Å².